The van der Waals surface area contributed by atoms with Gasteiger partial charge in [-0.2, -0.15) is 0 Å². The third kappa shape index (κ3) is 6.42. The molecule has 1 fully saturated rings. The van der Waals surface area contributed by atoms with E-state index in [4.69, 9.17) is 4.74 Å². The summed E-state index contributed by atoms with van der Waals surface area (Å²) in [5, 5.41) is 21.0. The van der Waals surface area contributed by atoms with Crippen LogP contribution in [0, 0.1) is 11.2 Å². The van der Waals surface area contributed by atoms with Crippen LogP contribution in [0.5, 0.6) is 0 Å². The fraction of sp³-hybridized carbons (Fsp3) is 0.577. The molecule has 5 nitrogen and oxygen atoms in total. The number of fused-ring (bicyclic) bond motifs is 1. The number of halogens is 1. The molecule has 1 aromatic rings. The van der Waals surface area contributed by atoms with Gasteiger partial charge >= 0.3 is 5.97 Å². The monoisotopic (exact) mass is 447 g/mol. The van der Waals surface area contributed by atoms with Crippen LogP contribution in [0.15, 0.2) is 42.7 Å². The Kier molecular flexibility index (Phi) is 9.05. The predicted octanol–water partition coefficient (Wildman–Crippen LogP) is 5.25. The first kappa shape index (κ1) is 26.1. The largest absolute Gasteiger partial charge is 0.494 e. The number of hydrogen-bond donors (Lipinski definition) is 2. The van der Waals surface area contributed by atoms with E-state index in [9.17, 15) is 19.4 Å². The number of carboxylic acid groups (broad SMARTS) is 1. The maximum Gasteiger partial charge on any atom is 0.310 e. The van der Waals surface area contributed by atoms with Crippen molar-refractivity contribution in [2.24, 2.45) is 5.41 Å². The molecule has 0 radical (unpaired) electrons. The van der Waals surface area contributed by atoms with Crippen LogP contribution < -0.4 is 0 Å². The Bertz CT molecular complexity index is 825. The molecule has 0 amide bonds. The number of likely N-dealkylation sites (tertiary alicyclic amines) is 1. The van der Waals surface area contributed by atoms with E-state index in [-0.39, 0.29) is 11.7 Å². The lowest BCUT2D eigenvalue weighted by molar-refractivity contribution is -0.148. The first-order valence-corrected chi connectivity index (χ1v) is 11.4. The van der Waals surface area contributed by atoms with Gasteiger partial charge in [-0.1, -0.05) is 19.1 Å². The first-order chi connectivity index (χ1) is 15.1. The average Bonchev–Trinajstić information content (AvgIpc) is 2.90. The van der Waals surface area contributed by atoms with Gasteiger partial charge in [0.05, 0.1) is 16.8 Å². The Balaban J connectivity index is 0.00000114. The van der Waals surface area contributed by atoms with E-state index in [0.717, 1.165) is 23.3 Å². The normalized spacial score (nSPS) is 22.1. The van der Waals surface area contributed by atoms with Crippen LogP contribution >= 0.6 is 0 Å². The van der Waals surface area contributed by atoms with Crippen LogP contribution in [0.25, 0.3) is 0 Å². The van der Waals surface area contributed by atoms with E-state index < -0.39 is 17.0 Å². The molecule has 2 N–H and O–H groups in total. The summed E-state index contributed by atoms with van der Waals surface area (Å²) in [4.78, 5) is 13.6. The molecule has 6 heteroatoms. The molecule has 0 saturated carbocycles. The molecule has 2 heterocycles. The van der Waals surface area contributed by atoms with Crippen molar-refractivity contribution in [2.75, 3.05) is 19.6 Å². The molecule has 178 valence electrons. The Morgan fingerprint density at radius 1 is 1.38 bits per heavy atom. The highest BCUT2D eigenvalue weighted by Crippen LogP contribution is 2.44. The lowest BCUT2D eigenvalue weighted by Gasteiger charge is -2.44. The topological polar surface area (TPSA) is 70.0 Å². The molecule has 0 spiro atoms. The lowest BCUT2D eigenvalue weighted by atomic mass is 9.72. The van der Waals surface area contributed by atoms with Gasteiger partial charge in [0, 0.05) is 32.0 Å². The summed E-state index contributed by atoms with van der Waals surface area (Å²) >= 11 is 0. The Hall–Kier alpha value is -2.18. The summed E-state index contributed by atoms with van der Waals surface area (Å²) in [7, 11) is 0. The predicted molar refractivity (Wildman–Crippen MR) is 125 cm³/mol. The number of aliphatic hydroxyl groups is 1. The zero-order valence-corrected chi connectivity index (χ0v) is 19.9. The lowest BCUT2D eigenvalue weighted by Crippen LogP contribution is -2.51. The van der Waals surface area contributed by atoms with Crippen LogP contribution in [0.3, 0.4) is 0 Å². The second-order valence-corrected chi connectivity index (χ2v) is 9.44. The molecular weight excluding hydrogens is 409 g/mol. The molecule has 0 aliphatic carbocycles. The van der Waals surface area contributed by atoms with E-state index in [1.807, 2.05) is 19.9 Å². The van der Waals surface area contributed by atoms with Crippen molar-refractivity contribution in [1.29, 1.82) is 0 Å². The maximum atomic E-state index is 13.8. The van der Waals surface area contributed by atoms with Crippen LogP contribution in [-0.4, -0.2) is 46.3 Å². The molecule has 1 unspecified atom stereocenters. The van der Waals surface area contributed by atoms with Gasteiger partial charge in [-0.15, -0.1) is 6.58 Å². The average molecular weight is 448 g/mol. The van der Waals surface area contributed by atoms with Gasteiger partial charge in [0.1, 0.15) is 12.4 Å². The molecule has 0 aromatic heterocycles. The number of aliphatic carboxylic acids is 1. The van der Waals surface area contributed by atoms with E-state index in [1.165, 1.54) is 12.1 Å². The fourth-order valence-corrected chi connectivity index (χ4v) is 4.50. The van der Waals surface area contributed by atoms with Gasteiger partial charge in [-0.05, 0) is 69.4 Å². The van der Waals surface area contributed by atoms with Crippen molar-refractivity contribution in [2.45, 2.75) is 71.5 Å². The number of allylic oxidation sites excluding steroid dienone is 3. The third-order valence-electron chi connectivity index (χ3n) is 6.30. The molecule has 32 heavy (non-hydrogen) atoms. The van der Waals surface area contributed by atoms with Gasteiger partial charge in [0.25, 0.3) is 0 Å². The second kappa shape index (κ2) is 11.1. The van der Waals surface area contributed by atoms with Crippen molar-refractivity contribution in [3.63, 3.8) is 0 Å². The quantitative estimate of drug-likeness (QED) is 0.603. The zero-order chi connectivity index (χ0) is 23.9. The van der Waals surface area contributed by atoms with E-state index in [1.54, 1.807) is 26.0 Å². The number of nitrogens with zero attached hydrogens (tertiary/aromatic N) is 1. The van der Waals surface area contributed by atoms with Crippen LogP contribution in [0.4, 0.5) is 4.39 Å². The van der Waals surface area contributed by atoms with Crippen molar-refractivity contribution in [3.05, 3.63) is 59.6 Å². The fourth-order valence-electron chi connectivity index (χ4n) is 4.50. The highest BCUT2D eigenvalue weighted by Gasteiger charge is 2.43. The van der Waals surface area contributed by atoms with Gasteiger partial charge < -0.3 is 19.8 Å². The van der Waals surface area contributed by atoms with Crippen molar-refractivity contribution in [3.8, 4) is 0 Å². The molecule has 1 aromatic carbocycles. The SMILES string of the molecule is C=CC.CC/C=C1\CC(C2(O)CCN(CC(C)(C)C(=O)O)CC2)c2ccc(F)cc2CO1. The molecule has 1 saturated heterocycles. The number of rotatable bonds is 5. The van der Waals surface area contributed by atoms with Crippen molar-refractivity contribution >= 4 is 5.97 Å². The molecule has 2 aliphatic heterocycles. The summed E-state index contributed by atoms with van der Waals surface area (Å²) in [6.45, 7) is 12.8. The minimum Gasteiger partial charge on any atom is -0.494 e. The summed E-state index contributed by atoms with van der Waals surface area (Å²) in [5.41, 5.74) is -0.0193. The Morgan fingerprint density at radius 3 is 2.56 bits per heavy atom. The van der Waals surface area contributed by atoms with Gasteiger partial charge in [-0.25, -0.2) is 4.39 Å². The van der Waals surface area contributed by atoms with E-state index >= 15 is 0 Å². The van der Waals surface area contributed by atoms with Crippen molar-refractivity contribution in [1.82, 2.24) is 4.90 Å². The number of carbonyl (C=O) groups is 1. The van der Waals surface area contributed by atoms with Crippen LogP contribution in [0.2, 0.25) is 0 Å². The summed E-state index contributed by atoms with van der Waals surface area (Å²) < 4.78 is 19.7. The summed E-state index contributed by atoms with van der Waals surface area (Å²) in [6.07, 6.45) is 6.29. The van der Waals surface area contributed by atoms with Gasteiger partial charge in [0.2, 0.25) is 0 Å². The van der Waals surface area contributed by atoms with Crippen molar-refractivity contribution < 1.29 is 24.1 Å². The Labute approximate surface area is 191 Å². The molecule has 2 aliphatic rings. The standard InChI is InChI=1S/C23H32FNO4.C3H6/c1-4-5-18-13-20(19-7-6-17(24)12-16(19)14-29-18)23(28)8-10-25(11-9-23)15-22(2,3)21(26)27;1-3-2/h5-7,12,20,28H,4,8-11,13-15H2,1-3H3,(H,26,27);3H,1H2,2H3/b18-5+;. The maximum absolute atomic E-state index is 13.8. The summed E-state index contributed by atoms with van der Waals surface area (Å²) in [6, 6.07) is 4.74. The molecule has 3 rings (SSSR count). The van der Waals surface area contributed by atoms with Gasteiger partial charge in [-0.3, -0.25) is 4.79 Å². The Morgan fingerprint density at radius 2 is 2.00 bits per heavy atom. The van der Waals surface area contributed by atoms with E-state index in [2.05, 4.69) is 11.5 Å². The number of ether oxygens (including phenoxy) is 1. The molecular formula is C26H38FNO4. The highest BCUT2D eigenvalue weighted by atomic mass is 19.1. The second-order valence-electron chi connectivity index (χ2n) is 9.44. The molecule has 1 atom stereocenters. The number of benzene rings is 1. The number of piperidine rings is 1. The molecule has 0 bridgehead atoms. The number of carboxylic acids is 1. The highest BCUT2D eigenvalue weighted by molar-refractivity contribution is 5.73. The van der Waals surface area contributed by atoms with Gasteiger partial charge in [0.15, 0.2) is 0 Å². The minimum absolute atomic E-state index is 0.173. The first-order valence-electron chi connectivity index (χ1n) is 11.4. The smallest absolute Gasteiger partial charge is 0.310 e. The number of hydrogen-bond acceptors (Lipinski definition) is 4. The van der Waals surface area contributed by atoms with E-state index in [0.29, 0.717) is 45.5 Å². The third-order valence-corrected chi connectivity index (χ3v) is 6.30. The van der Waals surface area contributed by atoms with Crippen LogP contribution in [0.1, 0.15) is 70.4 Å². The summed E-state index contributed by atoms with van der Waals surface area (Å²) in [5.74, 6) is -0.443. The van der Waals surface area contributed by atoms with Crippen LogP contribution in [-0.2, 0) is 16.1 Å². The zero-order valence-electron chi connectivity index (χ0n) is 19.9. The minimum atomic E-state index is -0.934.